The van der Waals surface area contributed by atoms with Crippen molar-refractivity contribution in [1.82, 2.24) is 26.2 Å². The zero-order valence-electron chi connectivity index (χ0n) is 24.0. The van der Waals surface area contributed by atoms with Crippen LogP contribution in [0.5, 0.6) is 0 Å². The van der Waals surface area contributed by atoms with Gasteiger partial charge in [0.25, 0.3) is 5.91 Å². The van der Waals surface area contributed by atoms with E-state index in [0.717, 1.165) is 0 Å². The van der Waals surface area contributed by atoms with Crippen LogP contribution in [-0.2, 0) is 35.3 Å². The maximum Gasteiger partial charge on any atom is 0.383 e. The fourth-order valence-corrected chi connectivity index (χ4v) is 4.43. The molecule has 1 heterocycles. The second-order valence-corrected chi connectivity index (χ2v) is 10.7. The number of benzene rings is 1. The van der Waals surface area contributed by atoms with E-state index < -0.39 is 77.6 Å². The van der Waals surface area contributed by atoms with Crippen molar-refractivity contribution in [3.05, 3.63) is 35.9 Å². The summed E-state index contributed by atoms with van der Waals surface area (Å²) in [6.45, 7) is 6.24. The molecular formula is C28H39F2N5O6. The van der Waals surface area contributed by atoms with Gasteiger partial charge in [-0.1, -0.05) is 58.0 Å². The van der Waals surface area contributed by atoms with Gasteiger partial charge in [-0.15, -0.1) is 0 Å². The van der Waals surface area contributed by atoms with Crippen LogP contribution in [0.4, 0.5) is 8.78 Å². The van der Waals surface area contributed by atoms with Gasteiger partial charge in [0.2, 0.25) is 29.4 Å². The van der Waals surface area contributed by atoms with Gasteiger partial charge in [-0.2, -0.15) is 8.78 Å². The van der Waals surface area contributed by atoms with E-state index in [-0.39, 0.29) is 19.5 Å². The van der Waals surface area contributed by atoms with Gasteiger partial charge < -0.3 is 26.2 Å². The van der Waals surface area contributed by atoms with E-state index in [4.69, 9.17) is 0 Å². The summed E-state index contributed by atoms with van der Waals surface area (Å²) < 4.78 is 29.9. The lowest BCUT2D eigenvalue weighted by Crippen LogP contribution is -2.60. The third-order valence-corrected chi connectivity index (χ3v) is 6.83. The highest BCUT2D eigenvalue weighted by Gasteiger charge is 2.51. The maximum absolute atomic E-state index is 14.9. The van der Waals surface area contributed by atoms with Gasteiger partial charge >= 0.3 is 5.92 Å². The van der Waals surface area contributed by atoms with Gasteiger partial charge in [0, 0.05) is 20.1 Å². The molecule has 3 atom stereocenters. The van der Waals surface area contributed by atoms with E-state index in [1.165, 1.54) is 25.8 Å². The Balaban J connectivity index is 2.13. The molecule has 1 aliphatic rings. The first-order valence-electron chi connectivity index (χ1n) is 13.6. The molecule has 0 spiro atoms. The Kier molecular flexibility index (Phi) is 11.9. The van der Waals surface area contributed by atoms with Gasteiger partial charge in [-0.3, -0.25) is 28.8 Å². The number of nitrogens with one attached hydrogen (secondary N) is 4. The van der Waals surface area contributed by atoms with E-state index in [9.17, 15) is 37.5 Å². The number of nitrogens with zero attached hydrogens (tertiary/aromatic N) is 1. The summed E-state index contributed by atoms with van der Waals surface area (Å²) in [7, 11) is 1.37. The normalized spacial score (nSPS) is 16.6. The molecule has 0 aliphatic carbocycles. The number of rotatable bonds is 13. The number of amides is 5. The molecule has 13 heteroatoms. The molecule has 1 aromatic rings. The molecule has 1 unspecified atom stereocenters. The Morgan fingerprint density at radius 1 is 0.927 bits per heavy atom. The molecule has 5 amide bonds. The minimum atomic E-state index is -4.42. The molecular weight excluding hydrogens is 540 g/mol. The van der Waals surface area contributed by atoms with Crippen LogP contribution >= 0.6 is 0 Å². The Bertz CT molecular complexity index is 1130. The van der Waals surface area contributed by atoms with Crippen molar-refractivity contribution >= 4 is 35.3 Å². The Morgan fingerprint density at radius 3 is 2.10 bits per heavy atom. The summed E-state index contributed by atoms with van der Waals surface area (Å²) in [5, 5.41) is 9.25. The van der Waals surface area contributed by atoms with Crippen LogP contribution in [0, 0.1) is 11.8 Å². The molecule has 2 rings (SSSR count). The Morgan fingerprint density at radius 2 is 1.54 bits per heavy atom. The summed E-state index contributed by atoms with van der Waals surface area (Å²) in [6, 6.07) is 4.51. The zero-order valence-corrected chi connectivity index (χ0v) is 24.0. The first-order chi connectivity index (χ1) is 19.2. The number of ketones is 1. The third-order valence-electron chi connectivity index (χ3n) is 6.83. The third kappa shape index (κ3) is 8.79. The fraction of sp³-hybridized carbons (Fsp3) is 0.571. The second kappa shape index (κ2) is 14.6. The monoisotopic (exact) mass is 579 g/mol. The summed E-state index contributed by atoms with van der Waals surface area (Å²) in [5.74, 6) is -11.7. The largest absolute Gasteiger partial charge is 0.383 e. The zero-order chi connectivity index (χ0) is 30.9. The smallest absolute Gasteiger partial charge is 0.359 e. The number of likely N-dealkylation sites (tertiary alicyclic amines) is 1. The predicted octanol–water partition coefficient (Wildman–Crippen LogP) is 0.916. The van der Waals surface area contributed by atoms with Gasteiger partial charge in [0.15, 0.2) is 0 Å². The van der Waals surface area contributed by atoms with Crippen molar-refractivity contribution in [2.45, 2.75) is 77.6 Å². The molecule has 1 fully saturated rings. The summed E-state index contributed by atoms with van der Waals surface area (Å²) in [4.78, 5) is 76.8. The van der Waals surface area contributed by atoms with Crippen molar-refractivity contribution in [2.75, 3.05) is 13.6 Å². The van der Waals surface area contributed by atoms with Crippen LogP contribution in [0.2, 0.25) is 0 Å². The molecule has 0 aromatic heterocycles. The van der Waals surface area contributed by atoms with Gasteiger partial charge in [-0.05, 0) is 30.2 Å². The molecule has 1 aromatic carbocycles. The van der Waals surface area contributed by atoms with E-state index in [1.54, 1.807) is 44.2 Å². The number of carbonyl (C=O) groups excluding carboxylic acids is 6. The number of carbonyl (C=O) groups is 6. The molecule has 0 saturated carbocycles. The van der Waals surface area contributed by atoms with Crippen LogP contribution in [0.15, 0.2) is 30.3 Å². The average Bonchev–Trinajstić information content (AvgIpc) is 3.42. The van der Waals surface area contributed by atoms with Crippen molar-refractivity contribution in [2.24, 2.45) is 11.8 Å². The molecule has 1 saturated heterocycles. The molecule has 1 aliphatic heterocycles. The Labute approximate surface area is 238 Å². The van der Waals surface area contributed by atoms with E-state index in [1.807, 2.05) is 0 Å². The highest BCUT2D eigenvalue weighted by Crippen LogP contribution is 2.24. The molecule has 11 nitrogen and oxygen atoms in total. The summed E-state index contributed by atoms with van der Waals surface area (Å²) in [5.41, 5.74) is 0.563. The van der Waals surface area contributed by atoms with Crippen molar-refractivity contribution in [3.8, 4) is 0 Å². The highest BCUT2D eigenvalue weighted by molar-refractivity contribution is 6.10. The van der Waals surface area contributed by atoms with E-state index in [0.29, 0.717) is 12.0 Å². The van der Waals surface area contributed by atoms with E-state index in [2.05, 4.69) is 21.3 Å². The first-order valence-corrected chi connectivity index (χ1v) is 13.6. The quantitative estimate of drug-likeness (QED) is 0.255. The SMILES string of the molecule is CNC(=O)CC(=O)N[C@H](C(=O)N1CCCC1C(=O)N[C@H](C(=O)C(F)(F)C(=O)NCc1ccccc1)C(C)C)C(C)C. The molecule has 0 radical (unpaired) electrons. The van der Waals surface area contributed by atoms with Crippen LogP contribution in [0.3, 0.4) is 0 Å². The molecule has 0 bridgehead atoms. The number of alkyl halides is 2. The standard InChI is InChI=1S/C28H39F2N5O6/c1-16(2)22(24(38)28(29,30)27(41)32-15-18-10-7-6-8-11-18)34-25(39)19-12-9-13-35(19)26(40)23(17(3)4)33-21(37)14-20(36)31-5/h6-8,10-11,16-17,19,22-23H,9,12-15H2,1-5H3,(H,31,36)(H,32,41)(H,33,37)(H,34,39)/t19?,22-,23-/m0/s1. The molecule has 226 valence electrons. The van der Waals surface area contributed by atoms with Gasteiger partial charge in [0.1, 0.15) is 18.5 Å². The summed E-state index contributed by atoms with van der Waals surface area (Å²) in [6.07, 6.45) is 0.156. The second-order valence-electron chi connectivity index (χ2n) is 10.7. The summed E-state index contributed by atoms with van der Waals surface area (Å²) >= 11 is 0. The van der Waals surface area contributed by atoms with Crippen LogP contribution in [-0.4, -0.2) is 77.9 Å². The Hall–Kier alpha value is -3.90. The number of halogens is 2. The van der Waals surface area contributed by atoms with Gasteiger partial charge in [-0.25, -0.2) is 0 Å². The predicted molar refractivity (Wildman–Crippen MR) is 145 cm³/mol. The lowest BCUT2D eigenvalue weighted by molar-refractivity contribution is -0.161. The van der Waals surface area contributed by atoms with Crippen molar-refractivity contribution < 1.29 is 37.5 Å². The topological polar surface area (TPSA) is 154 Å². The molecule has 41 heavy (non-hydrogen) atoms. The lowest BCUT2D eigenvalue weighted by atomic mass is 9.94. The minimum absolute atomic E-state index is 0.170. The lowest BCUT2D eigenvalue weighted by Gasteiger charge is -2.32. The maximum atomic E-state index is 14.9. The van der Waals surface area contributed by atoms with Crippen molar-refractivity contribution in [1.29, 1.82) is 0 Å². The molecule has 4 N–H and O–H groups in total. The van der Waals surface area contributed by atoms with Gasteiger partial charge in [0.05, 0.1) is 6.04 Å². The minimum Gasteiger partial charge on any atom is -0.359 e. The first kappa shape index (κ1) is 33.3. The number of Topliss-reactive ketones (excluding diaryl/α,β-unsaturated/α-hetero) is 1. The van der Waals surface area contributed by atoms with Crippen LogP contribution < -0.4 is 21.3 Å². The van der Waals surface area contributed by atoms with E-state index >= 15 is 0 Å². The number of hydrogen-bond acceptors (Lipinski definition) is 6. The number of hydrogen-bond donors (Lipinski definition) is 4. The average molecular weight is 580 g/mol. The fourth-order valence-electron chi connectivity index (χ4n) is 4.43. The van der Waals surface area contributed by atoms with Crippen molar-refractivity contribution in [3.63, 3.8) is 0 Å². The van der Waals surface area contributed by atoms with Crippen LogP contribution in [0.1, 0.15) is 52.5 Å². The highest BCUT2D eigenvalue weighted by atomic mass is 19.3. The van der Waals surface area contributed by atoms with Crippen LogP contribution in [0.25, 0.3) is 0 Å².